The van der Waals surface area contributed by atoms with E-state index in [1.54, 1.807) is 33.9 Å². The normalized spacial score (nSPS) is 18.0. The van der Waals surface area contributed by atoms with E-state index in [9.17, 15) is 14.4 Å². The van der Waals surface area contributed by atoms with Crippen molar-refractivity contribution in [1.29, 1.82) is 0 Å². The number of nitrogens with zero attached hydrogens (tertiary/aromatic N) is 3. The lowest BCUT2D eigenvalue weighted by atomic mass is 9.85. The Labute approximate surface area is 246 Å². The second-order valence-corrected chi connectivity index (χ2v) is 12.6. The SMILES string of the molecule is COc1ccc2nc(-c3ccccc3)nc(O[C@@H]3CC(C(C)=O)N(C(=O)[C@@H](NC(=O)OC(C)(C)C)C(C)(C)C)C3)c2c1. The van der Waals surface area contributed by atoms with Gasteiger partial charge in [0.2, 0.25) is 11.8 Å². The molecular formula is C32H40N4O6. The molecule has 2 aromatic carbocycles. The van der Waals surface area contributed by atoms with E-state index >= 15 is 0 Å². The largest absolute Gasteiger partial charge is 0.497 e. The summed E-state index contributed by atoms with van der Waals surface area (Å²) in [5, 5.41) is 3.39. The number of hydrogen-bond donors (Lipinski definition) is 1. The predicted octanol–water partition coefficient (Wildman–Crippen LogP) is 5.18. The van der Waals surface area contributed by atoms with Gasteiger partial charge in [-0.25, -0.2) is 9.78 Å². The molecule has 4 rings (SSSR count). The number of aromatic nitrogens is 2. The van der Waals surface area contributed by atoms with Crippen molar-refractivity contribution in [1.82, 2.24) is 20.2 Å². The molecule has 10 heteroatoms. The molecule has 0 spiro atoms. The van der Waals surface area contributed by atoms with Crippen LogP contribution in [0.15, 0.2) is 48.5 Å². The summed E-state index contributed by atoms with van der Waals surface area (Å²) in [6, 6.07) is 13.4. The molecule has 224 valence electrons. The highest BCUT2D eigenvalue weighted by Gasteiger charge is 2.45. The molecule has 0 bridgehead atoms. The van der Waals surface area contributed by atoms with Crippen LogP contribution in [0.2, 0.25) is 0 Å². The van der Waals surface area contributed by atoms with Gasteiger partial charge in [0.1, 0.15) is 23.5 Å². The fraction of sp³-hybridized carbons (Fsp3) is 0.469. The van der Waals surface area contributed by atoms with Gasteiger partial charge >= 0.3 is 6.09 Å². The number of Topliss-reactive ketones (excluding diaryl/α,β-unsaturated/α-hetero) is 1. The molecule has 1 aromatic heterocycles. The molecule has 10 nitrogen and oxygen atoms in total. The molecule has 1 saturated heterocycles. The zero-order valence-corrected chi connectivity index (χ0v) is 25.6. The van der Waals surface area contributed by atoms with Gasteiger partial charge in [0.05, 0.1) is 30.6 Å². The first-order valence-electron chi connectivity index (χ1n) is 14.0. The average molecular weight is 577 g/mol. The molecule has 1 aliphatic rings. The van der Waals surface area contributed by atoms with Crippen LogP contribution in [0, 0.1) is 5.41 Å². The number of likely N-dealkylation sites (tertiary alicyclic amines) is 1. The molecule has 3 aromatic rings. The van der Waals surface area contributed by atoms with Gasteiger partial charge in [-0.15, -0.1) is 0 Å². The molecule has 1 N–H and O–H groups in total. The number of carbonyl (C=O) groups excluding carboxylic acids is 3. The van der Waals surface area contributed by atoms with Crippen LogP contribution in [-0.4, -0.2) is 70.1 Å². The highest BCUT2D eigenvalue weighted by atomic mass is 16.6. The first-order chi connectivity index (χ1) is 19.7. The Morgan fingerprint density at radius 2 is 1.69 bits per heavy atom. The maximum Gasteiger partial charge on any atom is 0.408 e. The molecule has 1 aliphatic heterocycles. The maximum atomic E-state index is 13.9. The summed E-state index contributed by atoms with van der Waals surface area (Å²) >= 11 is 0. The van der Waals surface area contributed by atoms with Crippen molar-refractivity contribution in [3.05, 3.63) is 48.5 Å². The van der Waals surface area contributed by atoms with Gasteiger partial charge in [-0.05, 0) is 51.3 Å². The van der Waals surface area contributed by atoms with Gasteiger partial charge in [-0.1, -0.05) is 51.1 Å². The van der Waals surface area contributed by atoms with Crippen molar-refractivity contribution in [2.24, 2.45) is 5.41 Å². The molecule has 0 saturated carbocycles. The highest BCUT2D eigenvalue weighted by Crippen LogP contribution is 2.33. The Kier molecular flexibility index (Phi) is 8.75. The lowest BCUT2D eigenvalue weighted by Crippen LogP contribution is -2.57. The standard InChI is InChI=1S/C32H40N4O6/c1-19(37)25-17-22(18-36(25)29(38)26(31(2,3)4)34-30(39)42-32(5,6)7)41-28-23-16-21(40-8)14-15-24(23)33-27(35-28)20-12-10-9-11-13-20/h9-16,22,25-26H,17-18H2,1-8H3,(H,34,39)/t22-,25?,26-/m1/s1. The summed E-state index contributed by atoms with van der Waals surface area (Å²) in [7, 11) is 1.58. The van der Waals surface area contributed by atoms with Crippen molar-refractivity contribution in [2.75, 3.05) is 13.7 Å². The minimum absolute atomic E-state index is 0.141. The van der Waals surface area contributed by atoms with Crippen LogP contribution in [-0.2, 0) is 14.3 Å². The topological polar surface area (TPSA) is 120 Å². The van der Waals surface area contributed by atoms with Crippen molar-refractivity contribution >= 4 is 28.7 Å². The van der Waals surface area contributed by atoms with Crippen LogP contribution in [0.5, 0.6) is 11.6 Å². The molecular weight excluding hydrogens is 536 g/mol. The lowest BCUT2D eigenvalue weighted by Gasteiger charge is -2.35. The molecule has 3 atom stereocenters. The number of amides is 2. The summed E-state index contributed by atoms with van der Waals surface area (Å²) < 4.78 is 17.3. The minimum atomic E-state index is -0.929. The number of methoxy groups -OCH3 is 1. The summed E-state index contributed by atoms with van der Waals surface area (Å²) in [6.45, 7) is 12.4. The molecule has 2 heterocycles. The Hall–Kier alpha value is -4.21. The maximum absolute atomic E-state index is 13.9. The van der Waals surface area contributed by atoms with Crippen LogP contribution in [0.25, 0.3) is 22.3 Å². The number of ketones is 1. The van der Waals surface area contributed by atoms with Gasteiger partial charge in [-0.2, -0.15) is 4.98 Å². The first kappa shape index (κ1) is 30.7. The van der Waals surface area contributed by atoms with E-state index in [0.29, 0.717) is 28.4 Å². The summed E-state index contributed by atoms with van der Waals surface area (Å²) in [5.41, 5.74) is 0.110. The third-order valence-corrected chi connectivity index (χ3v) is 6.97. The number of carbonyl (C=O) groups is 3. The molecule has 0 aliphatic carbocycles. The van der Waals surface area contributed by atoms with Gasteiger partial charge in [-0.3, -0.25) is 9.59 Å². The molecule has 1 fully saturated rings. The van der Waals surface area contributed by atoms with E-state index in [1.807, 2.05) is 63.2 Å². The third kappa shape index (κ3) is 7.16. The van der Waals surface area contributed by atoms with E-state index in [1.165, 1.54) is 11.8 Å². The third-order valence-electron chi connectivity index (χ3n) is 6.97. The van der Waals surface area contributed by atoms with Crippen molar-refractivity contribution < 1.29 is 28.6 Å². The molecule has 42 heavy (non-hydrogen) atoms. The average Bonchev–Trinajstić information content (AvgIpc) is 3.34. The van der Waals surface area contributed by atoms with Gasteiger partial charge in [0.25, 0.3) is 0 Å². The minimum Gasteiger partial charge on any atom is -0.497 e. The fourth-order valence-electron chi connectivity index (χ4n) is 4.92. The number of ether oxygens (including phenoxy) is 3. The van der Waals surface area contributed by atoms with E-state index in [-0.39, 0.29) is 24.7 Å². The highest BCUT2D eigenvalue weighted by molar-refractivity contribution is 5.92. The summed E-state index contributed by atoms with van der Waals surface area (Å²) in [5.74, 6) is 0.900. The molecule has 2 amide bonds. The van der Waals surface area contributed by atoms with Crippen molar-refractivity contribution in [3.8, 4) is 23.0 Å². The van der Waals surface area contributed by atoms with E-state index in [0.717, 1.165) is 5.56 Å². The predicted molar refractivity (Wildman–Crippen MR) is 159 cm³/mol. The van der Waals surface area contributed by atoms with Gasteiger partial charge < -0.3 is 24.4 Å². The number of benzene rings is 2. The van der Waals surface area contributed by atoms with E-state index < -0.39 is 35.3 Å². The Bertz CT molecular complexity index is 1460. The number of rotatable bonds is 7. The van der Waals surface area contributed by atoms with Gasteiger partial charge in [0.15, 0.2) is 11.6 Å². The Balaban J connectivity index is 1.65. The van der Waals surface area contributed by atoms with Crippen LogP contribution < -0.4 is 14.8 Å². The zero-order chi connectivity index (χ0) is 30.8. The monoisotopic (exact) mass is 576 g/mol. The molecule has 0 radical (unpaired) electrons. The van der Waals surface area contributed by atoms with E-state index in [4.69, 9.17) is 24.2 Å². The number of nitrogens with one attached hydrogen (secondary N) is 1. The van der Waals surface area contributed by atoms with E-state index in [2.05, 4.69) is 5.32 Å². The Morgan fingerprint density at radius 1 is 1.00 bits per heavy atom. The smallest absolute Gasteiger partial charge is 0.408 e. The summed E-state index contributed by atoms with van der Waals surface area (Å²) in [4.78, 5) is 50.4. The van der Waals surface area contributed by atoms with Crippen molar-refractivity contribution in [2.45, 2.75) is 78.7 Å². The number of hydrogen-bond acceptors (Lipinski definition) is 8. The fourth-order valence-corrected chi connectivity index (χ4v) is 4.92. The number of fused-ring (bicyclic) bond motifs is 1. The molecule has 1 unspecified atom stereocenters. The van der Waals surface area contributed by atoms with Crippen LogP contribution >= 0.6 is 0 Å². The second-order valence-electron chi connectivity index (χ2n) is 12.6. The second kappa shape index (κ2) is 12.0. The van der Waals surface area contributed by atoms with Crippen LogP contribution in [0.4, 0.5) is 4.79 Å². The van der Waals surface area contributed by atoms with Gasteiger partial charge in [0, 0.05) is 12.0 Å². The van der Waals surface area contributed by atoms with Crippen LogP contribution in [0.3, 0.4) is 0 Å². The Morgan fingerprint density at radius 3 is 2.29 bits per heavy atom. The van der Waals surface area contributed by atoms with Crippen molar-refractivity contribution in [3.63, 3.8) is 0 Å². The zero-order valence-electron chi connectivity index (χ0n) is 25.6. The summed E-state index contributed by atoms with van der Waals surface area (Å²) in [6.07, 6.45) is -0.949. The quantitative estimate of drug-likeness (QED) is 0.409. The van der Waals surface area contributed by atoms with Crippen LogP contribution in [0.1, 0.15) is 54.9 Å². The first-order valence-corrected chi connectivity index (χ1v) is 14.0. The number of alkyl carbamates (subject to hydrolysis) is 1. The lowest BCUT2D eigenvalue weighted by molar-refractivity contribution is -0.141.